The van der Waals surface area contributed by atoms with Gasteiger partial charge in [0.1, 0.15) is 11.4 Å². The summed E-state index contributed by atoms with van der Waals surface area (Å²) in [7, 11) is 0. The van der Waals surface area contributed by atoms with Gasteiger partial charge in [0, 0.05) is 11.6 Å². The normalized spacial score (nSPS) is 10.4. The molecule has 0 fully saturated rings. The van der Waals surface area contributed by atoms with Gasteiger partial charge in [0.2, 0.25) is 0 Å². The smallest absolute Gasteiger partial charge is 0.342 e. The summed E-state index contributed by atoms with van der Waals surface area (Å²) in [6.45, 7) is 1.89. The number of hydrogen-bond acceptors (Lipinski definition) is 4. The standard InChI is InChI=1S/C11H11ClN4O3/c1-2-19-10(17)6-5-3-4-14-8(12)7(5)15-9(6)16-11(13)18/h3-4,15H,2H2,1H3,(H3,13,16,18). The number of esters is 1. The predicted molar refractivity (Wildman–Crippen MR) is 70.3 cm³/mol. The van der Waals surface area contributed by atoms with E-state index in [0.29, 0.717) is 10.9 Å². The molecule has 2 aromatic rings. The number of aromatic amines is 1. The minimum absolute atomic E-state index is 0.135. The molecule has 0 spiro atoms. The summed E-state index contributed by atoms with van der Waals surface area (Å²) in [6, 6.07) is 0.789. The molecule has 0 aliphatic rings. The van der Waals surface area contributed by atoms with Crippen LogP contribution in [0, 0.1) is 0 Å². The van der Waals surface area contributed by atoms with Gasteiger partial charge in [-0.2, -0.15) is 0 Å². The highest BCUT2D eigenvalue weighted by Crippen LogP contribution is 2.30. The highest BCUT2D eigenvalue weighted by atomic mass is 35.5. The predicted octanol–water partition coefficient (Wildman–Crippen LogP) is 1.88. The van der Waals surface area contributed by atoms with E-state index >= 15 is 0 Å². The number of pyridine rings is 1. The van der Waals surface area contributed by atoms with Gasteiger partial charge < -0.3 is 15.5 Å². The number of nitrogens with zero attached hydrogens (tertiary/aromatic N) is 1. The number of nitrogens with two attached hydrogens (primary N) is 1. The highest BCUT2D eigenvalue weighted by molar-refractivity contribution is 6.34. The van der Waals surface area contributed by atoms with Crippen LogP contribution in [-0.2, 0) is 4.74 Å². The number of carbonyl (C=O) groups excluding carboxylic acids is 2. The molecule has 7 nitrogen and oxygen atoms in total. The number of carbonyl (C=O) groups is 2. The SMILES string of the molecule is CCOC(=O)c1c(NC(N)=O)[nH]c2c(Cl)nccc12. The van der Waals surface area contributed by atoms with Crippen molar-refractivity contribution in [3.05, 3.63) is 23.0 Å². The maximum atomic E-state index is 11.9. The van der Waals surface area contributed by atoms with Crippen molar-refractivity contribution in [2.45, 2.75) is 6.92 Å². The van der Waals surface area contributed by atoms with E-state index < -0.39 is 12.0 Å². The number of anilines is 1. The summed E-state index contributed by atoms with van der Waals surface area (Å²) < 4.78 is 4.94. The van der Waals surface area contributed by atoms with Gasteiger partial charge in [-0.1, -0.05) is 11.6 Å². The third-order valence-corrected chi connectivity index (χ3v) is 2.69. The van der Waals surface area contributed by atoms with Gasteiger partial charge in [-0.3, -0.25) is 5.32 Å². The number of hydrogen-bond donors (Lipinski definition) is 3. The Bertz CT molecular complexity index is 653. The number of ether oxygens (including phenoxy) is 1. The number of rotatable bonds is 3. The van der Waals surface area contributed by atoms with Crippen LogP contribution >= 0.6 is 11.6 Å². The average Bonchev–Trinajstić information content (AvgIpc) is 2.68. The summed E-state index contributed by atoms with van der Waals surface area (Å²) >= 11 is 5.92. The Hall–Kier alpha value is -2.28. The van der Waals surface area contributed by atoms with Crippen molar-refractivity contribution in [1.29, 1.82) is 0 Å². The van der Waals surface area contributed by atoms with Gasteiger partial charge in [-0.15, -0.1) is 0 Å². The average molecular weight is 283 g/mol. The van der Waals surface area contributed by atoms with Crippen LogP contribution in [0.3, 0.4) is 0 Å². The van der Waals surface area contributed by atoms with E-state index in [4.69, 9.17) is 22.1 Å². The minimum Gasteiger partial charge on any atom is -0.462 e. The number of fused-ring (bicyclic) bond motifs is 1. The molecular weight excluding hydrogens is 272 g/mol. The molecule has 0 bridgehead atoms. The minimum atomic E-state index is -0.804. The fraction of sp³-hybridized carbons (Fsp3) is 0.182. The highest BCUT2D eigenvalue weighted by Gasteiger charge is 2.22. The molecule has 0 aliphatic carbocycles. The number of urea groups is 1. The van der Waals surface area contributed by atoms with E-state index in [1.807, 2.05) is 0 Å². The van der Waals surface area contributed by atoms with E-state index in [2.05, 4.69) is 15.3 Å². The van der Waals surface area contributed by atoms with Crippen molar-refractivity contribution in [1.82, 2.24) is 9.97 Å². The number of H-pyrrole nitrogens is 1. The summed E-state index contributed by atoms with van der Waals surface area (Å²) in [4.78, 5) is 29.6. The topological polar surface area (TPSA) is 110 Å². The van der Waals surface area contributed by atoms with Gasteiger partial charge in [0.05, 0.1) is 12.1 Å². The molecule has 8 heteroatoms. The molecule has 100 valence electrons. The molecule has 2 aromatic heterocycles. The molecule has 2 heterocycles. The lowest BCUT2D eigenvalue weighted by atomic mass is 10.2. The molecule has 0 aliphatic heterocycles. The molecular formula is C11H11ClN4O3. The van der Waals surface area contributed by atoms with Gasteiger partial charge in [-0.25, -0.2) is 14.6 Å². The van der Waals surface area contributed by atoms with Crippen LogP contribution in [-0.4, -0.2) is 28.6 Å². The first kappa shape index (κ1) is 13.2. The molecule has 0 saturated carbocycles. The van der Waals surface area contributed by atoms with Crippen LogP contribution in [0.2, 0.25) is 5.15 Å². The summed E-state index contributed by atoms with van der Waals surface area (Å²) in [6.07, 6.45) is 1.45. The Labute approximate surface area is 113 Å². The van der Waals surface area contributed by atoms with Gasteiger partial charge in [0.15, 0.2) is 5.15 Å². The van der Waals surface area contributed by atoms with E-state index in [9.17, 15) is 9.59 Å². The summed E-state index contributed by atoms with van der Waals surface area (Å²) in [5.74, 6) is -0.449. The van der Waals surface area contributed by atoms with Crippen molar-refractivity contribution in [2.75, 3.05) is 11.9 Å². The lowest BCUT2D eigenvalue weighted by molar-refractivity contribution is 0.0530. The molecule has 0 radical (unpaired) electrons. The zero-order valence-electron chi connectivity index (χ0n) is 9.99. The number of aromatic nitrogens is 2. The third kappa shape index (κ3) is 2.45. The van der Waals surface area contributed by atoms with Crippen molar-refractivity contribution in [3.63, 3.8) is 0 Å². The molecule has 0 unspecified atom stereocenters. The van der Waals surface area contributed by atoms with Crippen molar-refractivity contribution >= 4 is 40.3 Å². The second-order valence-corrected chi connectivity index (χ2v) is 3.97. The van der Waals surface area contributed by atoms with Crippen LogP contribution in [0.4, 0.5) is 10.6 Å². The molecule has 4 N–H and O–H groups in total. The zero-order chi connectivity index (χ0) is 14.0. The quantitative estimate of drug-likeness (QED) is 0.589. The number of primary amides is 1. The van der Waals surface area contributed by atoms with Crippen LogP contribution in [0.25, 0.3) is 10.9 Å². The fourth-order valence-electron chi connectivity index (χ4n) is 1.72. The first-order chi connectivity index (χ1) is 9.04. The monoisotopic (exact) mass is 282 g/mol. The largest absolute Gasteiger partial charge is 0.462 e. The number of halogens is 1. The first-order valence-corrected chi connectivity index (χ1v) is 5.82. The van der Waals surface area contributed by atoms with Crippen LogP contribution < -0.4 is 11.1 Å². The van der Waals surface area contributed by atoms with Crippen LogP contribution in [0.5, 0.6) is 0 Å². The summed E-state index contributed by atoms with van der Waals surface area (Å²) in [5.41, 5.74) is 5.65. The van der Waals surface area contributed by atoms with Crippen molar-refractivity contribution in [3.8, 4) is 0 Å². The fourth-order valence-corrected chi connectivity index (χ4v) is 1.92. The Morgan fingerprint density at radius 1 is 1.58 bits per heavy atom. The Balaban J connectivity index is 2.64. The molecule has 19 heavy (non-hydrogen) atoms. The lowest BCUT2D eigenvalue weighted by Gasteiger charge is -2.04. The second-order valence-electron chi connectivity index (χ2n) is 3.61. The van der Waals surface area contributed by atoms with Gasteiger partial charge >= 0.3 is 12.0 Å². The number of amides is 2. The Morgan fingerprint density at radius 2 is 2.32 bits per heavy atom. The zero-order valence-corrected chi connectivity index (χ0v) is 10.7. The second kappa shape index (κ2) is 5.15. The van der Waals surface area contributed by atoms with E-state index in [1.165, 1.54) is 6.20 Å². The Kier molecular flexibility index (Phi) is 3.57. The third-order valence-electron chi connectivity index (χ3n) is 2.40. The van der Waals surface area contributed by atoms with Crippen LogP contribution in [0.15, 0.2) is 12.3 Å². The maximum Gasteiger partial charge on any atom is 0.342 e. The maximum absolute atomic E-state index is 11.9. The van der Waals surface area contributed by atoms with Gasteiger partial charge in [-0.05, 0) is 13.0 Å². The van der Waals surface area contributed by atoms with E-state index in [-0.39, 0.29) is 23.1 Å². The lowest BCUT2D eigenvalue weighted by Crippen LogP contribution is -2.21. The van der Waals surface area contributed by atoms with Crippen molar-refractivity contribution < 1.29 is 14.3 Å². The summed E-state index contributed by atoms with van der Waals surface area (Å²) in [5, 5.41) is 3.01. The number of nitrogens with one attached hydrogen (secondary N) is 2. The van der Waals surface area contributed by atoms with Gasteiger partial charge in [0.25, 0.3) is 0 Å². The molecule has 0 atom stereocenters. The Morgan fingerprint density at radius 3 is 2.95 bits per heavy atom. The van der Waals surface area contributed by atoms with E-state index in [0.717, 1.165) is 0 Å². The first-order valence-electron chi connectivity index (χ1n) is 5.44. The molecule has 2 amide bonds. The molecule has 0 aromatic carbocycles. The molecule has 0 saturated heterocycles. The molecule has 2 rings (SSSR count). The van der Waals surface area contributed by atoms with Crippen LogP contribution in [0.1, 0.15) is 17.3 Å². The van der Waals surface area contributed by atoms with Crippen molar-refractivity contribution in [2.24, 2.45) is 5.73 Å². The van der Waals surface area contributed by atoms with E-state index in [1.54, 1.807) is 13.0 Å².